The summed E-state index contributed by atoms with van der Waals surface area (Å²) in [5.41, 5.74) is 0.915. The molecule has 0 saturated heterocycles. The van der Waals surface area contributed by atoms with Crippen LogP contribution in [-0.4, -0.2) is 33.6 Å². The van der Waals surface area contributed by atoms with Crippen LogP contribution >= 0.6 is 0 Å². The number of likely N-dealkylation sites (N-methyl/N-ethyl adjacent to an activating group) is 1. The topological polar surface area (TPSA) is 30.5 Å². The summed E-state index contributed by atoms with van der Waals surface area (Å²) in [7, 11) is 5.00. The number of benzene rings is 1. The quantitative estimate of drug-likeness (QED) is 0.748. The van der Waals surface area contributed by atoms with Gasteiger partial charge in [0.1, 0.15) is 5.82 Å². The minimum atomic E-state index is -0.340. The Morgan fingerprint density at radius 3 is 2.50 bits per heavy atom. The van der Waals surface area contributed by atoms with Gasteiger partial charge in [0.05, 0.1) is 6.04 Å². The van der Waals surface area contributed by atoms with E-state index < -0.39 is 0 Å². The van der Waals surface area contributed by atoms with Crippen molar-refractivity contribution in [1.29, 1.82) is 0 Å². The standard InChI is InChI=1S/C12H18FNO2/c1-14-11(12(15-2)16-3)8-9-5-4-6-10(13)7-9/h4-7,11-12,14H,8H2,1-3H3. The van der Waals surface area contributed by atoms with Gasteiger partial charge in [0, 0.05) is 14.2 Å². The molecule has 1 aromatic rings. The first-order chi connectivity index (χ1) is 7.71. The van der Waals surface area contributed by atoms with E-state index in [-0.39, 0.29) is 18.1 Å². The van der Waals surface area contributed by atoms with Gasteiger partial charge in [-0.2, -0.15) is 0 Å². The summed E-state index contributed by atoms with van der Waals surface area (Å²) in [5, 5.41) is 3.10. The predicted octanol–water partition coefficient (Wildman–Crippen LogP) is 1.58. The zero-order chi connectivity index (χ0) is 12.0. The fourth-order valence-corrected chi connectivity index (χ4v) is 1.68. The average Bonchev–Trinajstić information content (AvgIpc) is 2.29. The van der Waals surface area contributed by atoms with Gasteiger partial charge in [-0.15, -0.1) is 0 Å². The number of hydrogen-bond donors (Lipinski definition) is 1. The summed E-state index contributed by atoms with van der Waals surface area (Å²) in [6, 6.07) is 6.54. The number of rotatable bonds is 6. The first-order valence-electron chi connectivity index (χ1n) is 5.18. The van der Waals surface area contributed by atoms with Crippen molar-refractivity contribution in [3.8, 4) is 0 Å². The van der Waals surface area contributed by atoms with Crippen LogP contribution in [0, 0.1) is 5.82 Å². The minimum Gasteiger partial charge on any atom is -0.354 e. The summed E-state index contributed by atoms with van der Waals surface area (Å²) in [6.07, 6.45) is 0.314. The maximum Gasteiger partial charge on any atom is 0.172 e. The fraction of sp³-hybridized carbons (Fsp3) is 0.500. The number of methoxy groups -OCH3 is 2. The monoisotopic (exact) mass is 227 g/mol. The van der Waals surface area contributed by atoms with Gasteiger partial charge in [0.25, 0.3) is 0 Å². The Labute approximate surface area is 95.6 Å². The molecule has 4 heteroatoms. The van der Waals surface area contributed by atoms with Gasteiger partial charge < -0.3 is 14.8 Å². The molecular weight excluding hydrogens is 209 g/mol. The Balaban J connectivity index is 2.69. The molecule has 90 valence electrons. The van der Waals surface area contributed by atoms with E-state index in [4.69, 9.17) is 9.47 Å². The molecule has 0 aliphatic carbocycles. The van der Waals surface area contributed by atoms with Crippen LogP contribution < -0.4 is 5.32 Å². The van der Waals surface area contributed by atoms with Crippen LogP contribution in [0.4, 0.5) is 4.39 Å². The van der Waals surface area contributed by atoms with Crippen LogP contribution in [0.25, 0.3) is 0 Å². The Kier molecular flexibility index (Phi) is 5.38. The smallest absolute Gasteiger partial charge is 0.172 e. The third-order valence-corrected chi connectivity index (χ3v) is 2.51. The van der Waals surface area contributed by atoms with Gasteiger partial charge in [0.2, 0.25) is 0 Å². The van der Waals surface area contributed by atoms with E-state index in [2.05, 4.69) is 5.32 Å². The van der Waals surface area contributed by atoms with E-state index in [1.165, 1.54) is 12.1 Å². The van der Waals surface area contributed by atoms with Gasteiger partial charge >= 0.3 is 0 Å². The molecule has 0 radical (unpaired) electrons. The van der Waals surface area contributed by atoms with E-state index in [0.29, 0.717) is 6.42 Å². The first-order valence-corrected chi connectivity index (χ1v) is 5.18. The van der Waals surface area contributed by atoms with Crippen molar-refractivity contribution in [2.24, 2.45) is 0 Å². The van der Waals surface area contributed by atoms with E-state index in [1.54, 1.807) is 20.3 Å². The molecule has 1 unspecified atom stereocenters. The molecule has 1 N–H and O–H groups in total. The second-order valence-electron chi connectivity index (χ2n) is 3.57. The molecule has 0 aliphatic heterocycles. The molecule has 0 saturated carbocycles. The van der Waals surface area contributed by atoms with Crippen LogP contribution in [0.5, 0.6) is 0 Å². The second-order valence-corrected chi connectivity index (χ2v) is 3.57. The number of hydrogen-bond acceptors (Lipinski definition) is 3. The zero-order valence-electron chi connectivity index (χ0n) is 9.87. The Hall–Kier alpha value is -0.970. The van der Waals surface area contributed by atoms with E-state index in [0.717, 1.165) is 5.56 Å². The van der Waals surface area contributed by atoms with Crippen LogP contribution in [0.3, 0.4) is 0 Å². The fourth-order valence-electron chi connectivity index (χ4n) is 1.68. The lowest BCUT2D eigenvalue weighted by Crippen LogP contribution is -2.41. The van der Waals surface area contributed by atoms with Crippen LogP contribution in [0.1, 0.15) is 5.56 Å². The zero-order valence-corrected chi connectivity index (χ0v) is 9.87. The van der Waals surface area contributed by atoms with Crippen LogP contribution in [-0.2, 0) is 15.9 Å². The van der Waals surface area contributed by atoms with Crippen molar-refractivity contribution in [2.75, 3.05) is 21.3 Å². The van der Waals surface area contributed by atoms with Crippen molar-refractivity contribution < 1.29 is 13.9 Å². The van der Waals surface area contributed by atoms with Crippen molar-refractivity contribution >= 4 is 0 Å². The average molecular weight is 227 g/mol. The first kappa shape index (κ1) is 13.1. The SMILES string of the molecule is CNC(Cc1cccc(F)c1)C(OC)OC. The van der Waals surface area contributed by atoms with E-state index in [1.807, 2.05) is 13.1 Å². The highest BCUT2D eigenvalue weighted by molar-refractivity contribution is 5.17. The normalized spacial score (nSPS) is 13.1. The van der Waals surface area contributed by atoms with E-state index in [9.17, 15) is 4.39 Å². The highest BCUT2D eigenvalue weighted by atomic mass is 19.1. The Morgan fingerprint density at radius 1 is 1.31 bits per heavy atom. The van der Waals surface area contributed by atoms with Gasteiger partial charge in [-0.3, -0.25) is 0 Å². The van der Waals surface area contributed by atoms with Crippen LogP contribution in [0.15, 0.2) is 24.3 Å². The summed E-state index contributed by atoms with van der Waals surface area (Å²) < 4.78 is 23.4. The van der Waals surface area contributed by atoms with Crippen molar-refractivity contribution in [2.45, 2.75) is 18.8 Å². The summed E-state index contributed by atoms with van der Waals surface area (Å²) in [6.45, 7) is 0. The summed E-state index contributed by atoms with van der Waals surface area (Å²) in [4.78, 5) is 0. The highest BCUT2D eigenvalue weighted by Crippen LogP contribution is 2.10. The molecule has 0 spiro atoms. The van der Waals surface area contributed by atoms with Crippen molar-refractivity contribution in [1.82, 2.24) is 5.32 Å². The molecule has 0 aromatic heterocycles. The molecule has 3 nitrogen and oxygen atoms in total. The molecule has 1 rings (SSSR count). The molecule has 0 bridgehead atoms. The number of ether oxygens (including phenoxy) is 2. The summed E-state index contributed by atoms with van der Waals surface area (Å²) >= 11 is 0. The molecule has 0 aliphatic rings. The van der Waals surface area contributed by atoms with Gasteiger partial charge in [-0.25, -0.2) is 4.39 Å². The van der Waals surface area contributed by atoms with E-state index >= 15 is 0 Å². The van der Waals surface area contributed by atoms with Gasteiger partial charge in [-0.05, 0) is 31.2 Å². The van der Waals surface area contributed by atoms with Gasteiger partial charge in [-0.1, -0.05) is 12.1 Å². The van der Waals surface area contributed by atoms with Crippen LogP contribution in [0.2, 0.25) is 0 Å². The lowest BCUT2D eigenvalue weighted by Gasteiger charge is -2.24. The molecular formula is C12H18FNO2. The summed E-state index contributed by atoms with van der Waals surface area (Å²) in [5.74, 6) is -0.223. The number of nitrogens with one attached hydrogen (secondary N) is 1. The molecule has 0 heterocycles. The second kappa shape index (κ2) is 6.58. The molecule has 1 atom stereocenters. The predicted molar refractivity (Wildman–Crippen MR) is 60.8 cm³/mol. The molecule has 16 heavy (non-hydrogen) atoms. The lowest BCUT2D eigenvalue weighted by molar-refractivity contribution is -0.121. The largest absolute Gasteiger partial charge is 0.354 e. The number of halogens is 1. The third kappa shape index (κ3) is 3.56. The molecule has 1 aromatic carbocycles. The Morgan fingerprint density at radius 2 is 2.00 bits per heavy atom. The molecule has 0 amide bonds. The molecule has 0 fully saturated rings. The third-order valence-electron chi connectivity index (χ3n) is 2.51. The van der Waals surface area contributed by atoms with Crippen molar-refractivity contribution in [3.63, 3.8) is 0 Å². The Bertz CT molecular complexity index is 316. The lowest BCUT2D eigenvalue weighted by atomic mass is 10.1. The van der Waals surface area contributed by atoms with Gasteiger partial charge in [0.15, 0.2) is 6.29 Å². The maximum atomic E-state index is 13.0. The maximum absolute atomic E-state index is 13.0. The highest BCUT2D eigenvalue weighted by Gasteiger charge is 2.19. The van der Waals surface area contributed by atoms with Crippen molar-refractivity contribution in [3.05, 3.63) is 35.6 Å². The minimum absolute atomic E-state index is 0.00296.